The zero-order valence-corrected chi connectivity index (χ0v) is 19.7. The lowest BCUT2D eigenvalue weighted by Crippen LogP contribution is -2.32. The number of nitrogens with one attached hydrogen (secondary N) is 1. The number of halogens is 1. The van der Waals surface area contributed by atoms with Crippen LogP contribution in [0, 0.1) is 0 Å². The lowest BCUT2D eigenvalue weighted by Gasteiger charge is -2.20. The van der Waals surface area contributed by atoms with E-state index in [2.05, 4.69) is 10.3 Å². The first kappa shape index (κ1) is 23.5. The molecule has 1 fully saturated rings. The lowest BCUT2D eigenvalue weighted by molar-refractivity contribution is -0.116. The van der Waals surface area contributed by atoms with Gasteiger partial charge < -0.3 is 9.73 Å². The summed E-state index contributed by atoms with van der Waals surface area (Å²) in [7, 11) is -3.58. The molecule has 33 heavy (non-hydrogen) atoms. The Morgan fingerprint density at radius 2 is 1.79 bits per heavy atom. The van der Waals surface area contributed by atoms with Crippen LogP contribution in [0.5, 0.6) is 0 Å². The molecule has 0 spiro atoms. The van der Waals surface area contributed by atoms with Crippen LogP contribution in [0.3, 0.4) is 0 Å². The van der Waals surface area contributed by atoms with Gasteiger partial charge in [0.1, 0.15) is 0 Å². The monoisotopic (exact) mass is 487 g/mol. The smallest absolute Gasteiger partial charge is 0.243 e. The Kier molecular flexibility index (Phi) is 7.47. The molecule has 2 aromatic carbocycles. The summed E-state index contributed by atoms with van der Waals surface area (Å²) in [6, 6.07) is 13.6. The molecule has 9 heteroatoms. The Morgan fingerprint density at radius 1 is 1.06 bits per heavy atom. The van der Waals surface area contributed by atoms with E-state index >= 15 is 0 Å². The van der Waals surface area contributed by atoms with Gasteiger partial charge in [0.05, 0.1) is 11.1 Å². The van der Waals surface area contributed by atoms with Crippen molar-refractivity contribution in [3.63, 3.8) is 0 Å². The average Bonchev–Trinajstić information content (AvgIpc) is 3.10. The predicted molar refractivity (Wildman–Crippen MR) is 128 cm³/mol. The van der Waals surface area contributed by atoms with Crippen molar-refractivity contribution in [3.05, 3.63) is 65.6 Å². The van der Waals surface area contributed by atoms with E-state index in [0.717, 1.165) is 31.2 Å². The number of nitrogens with zero attached hydrogens (tertiary/aromatic N) is 2. The van der Waals surface area contributed by atoms with Crippen LogP contribution >= 0.6 is 11.6 Å². The van der Waals surface area contributed by atoms with E-state index in [9.17, 15) is 13.2 Å². The number of amides is 1. The quantitative estimate of drug-likeness (QED) is 0.498. The first-order valence-electron chi connectivity index (χ1n) is 11.0. The van der Waals surface area contributed by atoms with E-state index < -0.39 is 10.0 Å². The van der Waals surface area contributed by atoms with Crippen molar-refractivity contribution >= 4 is 33.2 Å². The number of hydrogen-bond donors (Lipinski definition) is 1. The van der Waals surface area contributed by atoms with Gasteiger partial charge in [-0.25, -0.2) is 13.4 Å². The summed E-state index contributed by atoms with van der Waals surface area (Å²) in [6.45, 7) is 1.07. The fourth-order valence-electron chi connectivity index (χ4n) is 3.78. The van der Waals surface area contributed by atoms with Gasteiger partial charge in [-0.15, -0.1) is 0 Å². The largest absolute Gasteiger partial charge is 0.441 e. The first-order chi connectivity index (χ1) is 15.9. The topological polar surface area (TPSA) is 92.5 Å². The Balaban J connectivity index is 1.36. The molecule has 7 nitrogen and oxygen atoms in total. The molecule has 2 heterocycles. The molecule has 4 rings (SSSR count). The highest BCUT2D eigenvalue weighted by atomic mass is 35.5. The molecule has 0 radical (unpaired) electrons. The van der Waals surface area contributed by atoms with Crippen LogP contribution in [-0.4, -0.2) is 36.7 Å². The van der Waals surface area contributed by atoms with E-state index in [1.165, 1.54) is 6.07 Å². The van der Waals surface area contributed by atoms with Gasteiger partial charge in [0, 0.05) is 42.2 Å². The second-order valence-corrected chi connectivity index (χ2v) is 10.4. The fourth-order valence-corrected chi connectivity index (χ4v) is 5.47. The number of benzene rings is 2. The Bertz CT molecular complexity index is 1200. The summed E-state index contributed by atoms with van der Waals surface area (Å²) in [5.74, 6) is 0.812. The summed E-state index contributed by atoms with van der Waals surface area (Å²) < 4.78 is 33.3. The van der Waals surface area contributed by atoms with Gasteiger partial charge in [0.15, 0.2) is 11.7 Å². The summed E-state index contributed by atoms with van der Waals surface area (Å²) in [5, 5.41) is 3.42. The van der Waals surface area contributed by atoms with Gasteiger partial charge in [-0.05, 0) is 55.3 Å². The van der Waals surface area contributed by atoms with Crippen molar-refractivity contribution in [2.75, 3.05) is 18.4 Å². The zero-order chi connectivity index (χ0) is 23.3. The minimum absolute atomic E-state index is 0.156. The van der Waals surface area contributed by atoms with Crippen molar-refractivity contribution in [2.45, 2.75) is 43.4 Å². The maximum atomic E-state index is 13.0. The molecule has 0 atom stereocenters. The van der Waals surface area contributed by atoms with Gasteiger partial charge in [0.25, 0.3) is 0 Å². The number of sulfonamides is 1. The molecule has 1 aromatic heterocycles. The lowest BCUT2D eigenvalue weighted by atomic mass is 10.2. The van der Waals surface area contributed by atoms with E-state index in [1.54, 1.807) is 40.8 Å². The van der Waals surface area contributed by atoms with Crippen LogP contribution in [0.1, 0.15) is 38.0 Å². The number of rotatable bonds is 7. The standard InChI is InChI=1S/C24H26ClN3O4S/c25-19-10-8-18(9-11-19)22-17-26-24(32-22)13-12-23(29)27-20-6-5-7-21(16-20)33(30,31)28-14-3-1-2-4-15-28/h5-11,16-17H,1-4,12-15H2,(H,27,29). The number of carbonyl (C=O) groups excluding carboxylic acids is 1. The van der Waals surface area contributed by atoms with Crippen molar-refractivity contribution in [2.24, 2.45) is 0 Å². The van der Waals surface area contributed by atoms with Gasteiger partial charge in [0.2, 0.25) is 15.9 Å². The molecule has 1 aliphatic rings. The molecule has 0 unspecified atom stereocenters. The number of aromatic nitrogens is 1. The molecule has 1 aliphatic heterocycles. The van der Waals surface area contributed by atoms with Crippen molar-refractivity contribution in [1.82, 2.24) is 9.29 Å². The van der Waals surface area contributed by atoms with Crippen LogP contribution in [0.2, 0.25) is 5.02 Å². The third-order valence-electron chi connectivity index (χ3n) is 5.57. The normalized spacial score (nSPS) is 15.2. The number of carbonyl (C=O) groups is 1. The van der Waals surface area contributed by atoms with Gasteiger partial charge in [-0.2, -0.15) is 4.31 Å². The summed E-state index contributed by atoms with van der Waals surface area (Å²) in [4.78, 5) is 16.9. The number of aryl methyl sites for hydroxylation is 1. The number of anilines is 1. The fraction of sp³-hybridized carbons (Fsp3) is 0.333. The van der Waals surface area contributed by atoms with E-state index in [4.69, 9.17) is 16.0 Å². The van der Waals surface area contributed by atoms with Crippen LogP contribution in [0.15, 0.2) is 64.0 Å². The third kappa shape index (κ3) is 6.01. The highest BCUT2D eigenvalue weighted by molar-refractivity contribution is 7.89. The number of oxazole rings is 1. The van der Waals surface area contributed by atoms with Gasteiger partial charge in [-0.1, -0.05) is 30.5 Å². The molecular weight excluding hydrogens is 462 g/mol. The van der Waals surface area contributed by atoms with Crippen LogP contribution < -0.4 is 5.32 Å². The predicted octanol–water partition coefficient (Wildman–Crippen LogP) is 5.13. The molecule has 1 amide bonds. The first-order valence-corrected chi connectivity index (χ1v) is 12.8. The molecular formula is C24H26ClN3O4S. The minimum atomic E-state index is -3.58. The Morgan fingerprint density at radius 3 is 2.52 bits per heavy atom. The SMILES string of the molecule is O=C(CCc1ncc(-c2ccc(Cl)cc2)o1)Nc1cccc(S(=O)(=O)N2CCCCCC2)c1. The minimum Gasteiger partial charge on any atom is -0.441 e. The third-order valence-corrected chi connectivity index (χ3v) is 7.72. The van der Waals surface area contributed by atoms with E-state index in [1.807, 2.05) is 12.1 Å². The van der Waals surface area contributed by atoms with Crippen LogP contribution in [-0.2, 0) is 21.2 Å². The molecule has 0 bridgehead atoms. The van der Waals surface area contributed by atoms with Crippen LogP contribution in [0.25, 0.3) is 11.3 Å². The molecule has 0 saturated carbocycles. The highest BCUT2D eigenvalue weighted by Crippen LogP contribution is 2.24. The van der Waals surface area contributed by atoms with Crippen molar-refractivity contribution in [3.8, 4) is 11.3 Å². The van der Waals surface area contributed by atoms with E-state index in [0.29, 0.717) is 41.9 Å². The van der Waals surface area contributed by atoms with Crippen LogP contribution in [0.4, 0.5) is 5.69 Å². The molecule has 1 N–H and O–H groups in total. The van der Waals surface area contributed by atoms with Gasteiger partial charge in [-0.3, -0.25) is 4.79 Å². The average molecular weight is 488 g/mol. The second-order valence-electron chi connectivity index (χ2n) is 8.02. The van der Waals surface area contributed by atoms with Crippen molar-refractivity contribution in [1.29, 1.82) is 0 Å². The Hall–Kier alpha value is -2.68. The summed E-state index contributed by atoms with van der Waals surface area (Å²) in [5.41, 5.74) is 1.30. The molecule has 1 saturated heterocycles. The highest BCUT2D eigenvalue weighted by Gasteiger charge is 2.25. The molecule has 0 aliphatic carbocycles. The Labute approximate surface area is 198 Å². The maximum Gasteiger partial charge on any atom is 0.243 e. The maximum absolute atomic E-state index is 13.0. The summed E-state index contributed by atoms with van der Waals surface area (Å²) >= 11 is 5.91. The zero-order valence-electron chi connectivity index (χ0n) is 18.2. The molecule has 174 valence electrons. The number of hydrogen-bond acceptors (Lipinski definition) is 5. The molecule has 3 aromatic rings. The summed E-state index contributed by atoms with van der Waals surface area (Å²) in [6.07, 6.45) is 5.94. The van der Waals surface area contributed by atoms with Gasteiger partial charge >= 0.3 is 0 Å². The van der Waals surface area contributed by atoms with E-state index in [-0.39, 0.29) is 17.2 Å². The van der Waals surface area contributed by atoms with Crippen molar-refractivity contribution < 1.29 is 17.6 Å². The second kappa shape index (κ2) is 10.5.